The van der Waals surface area contributed by atoms with Crippen LogP contribution >= 0.6 is 11.5 Å². The van der Waals surface area contributed by atoms with Gasteiger partial charge in [-0.05, 0) is 12.8 Å². The Kier molecular flexibility index (Phi) is 3.60. The zero-order valence-corrected chi connectivity index (χ0v) is 12.2. The molecule has 114 valence electrons. The number of halogens is 3. The smallest absolute Gasteiger partial charge is 0.342 e. The van der Waals surface area contributed by atoms with E-state index < -0.39 is 12.7 Å². The number of hydrogen-bond acceptors (Lipinski definition) is 5. The van der Waals surface area contributed by atoms with Gasteiger partial charge < -0.3 is 9.47 Å². The standard InChI is InChI=1S/C12H14F3N5S/c1-19(11-17-10(18-21-11)8-2-3-8)6-9-16-4-5-20(9)7-12(13,14)15/h4-5,8H,2-3,6-7H2,1H3. The van der Waals surface area contributed by atoms with Gasteiger partial charge in [0.25, 0.3) is 0 Å². The Balaban J connectivity index is 1.69. The van der Waals surface area contributed by atoms with Gasteiger partial charge >= 0.3 is 6.18 Å². The van der Waals surface area contributed by atoms with E-state index in [1.165, 1.54) is 23.9 Å². The molecule has 0 spiro atoms. The number of alkyl halides is 3. The van der Waals surface area contributed by atoms with E-state index >= 15 is 0 Å². The maximum absolute atomic E-state index is 12.5. The molecule has 0 N–H and O–H groups in total. The molecule has 1 fully saturated rings. The van der Waals surface area contributed by atoms with Gasteiger partial charge in [0.1, 0.15) is 18.2 Å². The summed E-state index contributed by atoms with van der Waals surface area (Å²) < 4.78 is 42.8. The summed E-state index contributed by atoms with van der Waals surface area (Å²) in [5, 5.41) is 0.707. The Hall–Kier alpha value is -1.64. The monoisotopic (exact) mass is 317 g/mol. The summed E-state index contributed by atoms with van der Waals surface area (Å²) in [5.74, 6) is 1.68. The van der Waals surface area contributed by atoms with Crippen molar-refractivity contribution in [1.29, 1.82) is 0 Å². The van der Waals surface area contributed by atoms with Crippen LogP contribution in [0.2, 0.25) is 0 Å². The fourth-order valence-electron chi connectivity index (χ4n) is 2.00. The number of anilines is 1. The van der Waals surface area contributed by atoms with Gasteiger partial charge in [0.2, 0.25) is 5.13 Å². The molecule has 0 aromatic carbocycles. The van der Waals surface area contributed by atoms with Crippen LogP contribution < -0.4 is 4.90 Å². The van der Waals surface area contributed by atoms with Crippen LogP contribution in [0.1, 0.15) is 30.4 Å². The molecule has 0 atom stereocenters. The third kappa shape index (κ3) is 3.52. The third-order valence-electron chi connectivity index (χ3n) is 3.23. The van der Waals surface area contributed by atoms with Crippen LogP contribution in [0.5, 0.6) is 0 Å². The van der Waals surface area contributed by atoms with Crippen LogP contribution in [0.4, 0.5) is 18.3 Å². The summed E-state index contributed by atoms with van der Waals surface area (Å²) in [4.78, 5) is 10.2. The fraction of sp³-hybridized carbons (Fsp3) is 0.583. The van der Waals surface area contributed by atoms with Gasteiger partial charge in [0.15, 0.2) is 0 Å². The van der Waals surface area contributed by atoms with Crippen LogP contribution in [-0.4, -0.2) is 32.1 Å². The third-order valence-corrected chi connectivity index (χ3v) is 4.07. The van der Waals surface area contributed by atoms with E-state index in [9.17, 15) is 13.2 Å². The summed E-state index contributed by atoms with van der Waals surface area (Å²) >= 11 is 1.27. The molecule has 9 heteroatoms. The molecule has 0 unspecified atom stereocenters. The summed E-state index contributed by atoms with van der Waals surface area (Å²) in [6, 6.07) is 0. The predicted molar refractivity (Wildman–Crippen MR) is 72.3 cm³/mol. The van der Waals surface area contributed by atoms with Crippen LogP contribution in [-0.2, 0) is 13.1 Å². The highest BCUT2D eigenvalue weighted by atomic mass is 32.1. The Bertz CT molecular complexity index is 616. The van der Waals surface area contributed by atoms with E-state index in [-0.39, 0.29) is 6.54 Å². The van der Waals surface area contributed by atoms with Gasteiger partial charge in [-0.15, -0.1) is 0 Å². The number of hydrogen-bond donors (Lipinski definition) is 0. The molecule has 1 aliphatic carbocycles. The SMILES string of the molecule is CN(Cc1nccn1CC(F)(F)F)c1nc(C2CC2)ns1. The Morgan fingerprint density at radius 3 is 2.86 bits per heavy atom. The fourth-order valence-corrected chi connectivity index (χ4v) is 2.70. The van der Waals surface area contributed by atoms with Gasteiger partial charge in [0, 0.05) is 36.9 Å². The molecule has 0 saturated heterocycles. The molecule has 2 aromatic heterocycles. The zero-order valence-electron chi connectivity index (χ0n) is 11.3. The van der Waals surface area contributed by atoms with Crippen molar-refractivity contribution in [3.63, 3.8) is 0 Å². The van der Waals surface area contributed by atoms with Crippen molar-refractivity contribution in [1.82, 2.24) is 18.9 Å². The first-order valence-corrected chi connectivity index (χ1v) is 7.31. The molecule has 2 heterocycles. The molecule has 1 saturated carbocycles. The van der Waals surface area contributed by atoms with Gasteiger partial charge in [-0.25, -0.2) is 9.97 Å². The van der Waals surface area contributed by atoms with Crippen LogP contribution in [0.15, 0.2) is 12.4 Å². The number of aromatic nitrogens is 4. The molecule has 3 rings (SSSR count). The number of rotatable bonds is 5. The Morgan fingerprint density at radius 2 is 2.19 bits per heavy atom. The van der Waals surface area contributed by atoms with Crippen molar-refractivity contribution in [2.24, 2.45) is 0 Å². The molecule has 1 aliphatic rings. The molecule has 0 amide bonds. The van der Waals surface area contributed by atoms with E-state index in [0.29, 0.717) is 16.9 Å². The Morgan fingerprint density at radius 1 is 1.43 bits per heavy atom. The average Bonchev–Trinajstić information content (AvgIpc) is 2.96. The lowest BCUT2D eigenvalue weighted by Crippen LogP contribution is -2.23. The van der Waals surface area contributed by atoms with E-state index in [4.69, 9.17) is 0 Å². The van der Waals surface area contributed by atoms with Crippen LogP contribution in [0.3, 0.4) is 0 Å². The summed E-state index contributed by atoms with van der Waals surface area (Å²) in [6.07, 6.45) is 0.707. The predicted octanol–water partition coefficient (Wildman–Crippen LogP) is 2.81. The minimum atomic E-state index is -4.25. The molecule has 2 aromatic rings. The maximum atomic E-state index is 12.5. The first-order chi connectivity index (χ1) is 9.92. The zero-order chi connectivity index (χ0) is 15.0. The normalized spacial score (nSPS) is 15.4. The van der Waals surface area contributed by atoms with E-state index in [1.807, 2.05) is 0 Å². The van der Waals surface area contributed by atoms with Crippen molar-refractivity contribution >= 4 is 16.7 Å². The van der Waals surface area contributed by atoms with Gasteiger partial charge in [-0.1, -0.05) is 0 Å². The highest BCUT2D eigenvalue weighted by molar-refractivity contribution is 7.09. The second-order valence-corrected chi connectivity index (χ2v) is 5.88. The van der Waals surface area contributed by atoms with Crippen molar-refractivity contribution in [2.75, 3.05) is 11.9 Å². The van der Waals surface area contributed by atoms with Crippen molar-refractivity contribution in [3.8, 4) is 0 Å². The largest absolute Gasteiger partial charge is 0.406 e. The van der Waals surface area contributed by atoms with Crippen molar-refractivity contribution < 1.29 is 13.2 Å². The topological polar surface area (TPSA) is 46.8 Å². The highest BCUT2D eigenvalue weighted by Crippen LogP contribution is 2.39. The highest BCUT2D eigenvalue weighted by Gasteiger charge is 2.30. The van der Waals surface area contributed by atoms with Gasteiger partial charge in [-0.2, -0.15) is 17.5 Å². The lowest BCUT2D eigenvalue weighted by molar-refractivity contribution is -0.141. The minimum absolute atomic E-state index is 0.266. The lowest BCUT2D eigenvalue weighted by atomic mass is 10.4. The number of imidazole rings is 1. The molecule has 0 radical (unpaired) electrons. The van der Waals surface area contributed by atoms with Crippen molar-refractivity contribution in [2.45, 2.75) is 38.0 Å². The molecule has 5 nitrogen and oxygen atoms in total. The molecule has 21 heavy (non-hydrogen) atoms. The summed E-state index contributed by atoms with van der Waals surface area (Å²) in [5.41, 5.74) is 0. The molecular formula is C12H14F3N5S. The maximum Gasteiger partial charge on any atom is 0.406 e. The Labute approximate surface area is 123 Å². The lowest BCUT2D eigenvalue weighted by Gasteiger charge is -2.16. The van der Waals surface area contributed by atoms with E-state index in [2.05, 4.69) is 14.3 Å². The quantitative estimate of drug-likeness (QED) is 0.851. The second-order valence-electron chi connectivity index (χ2n) is 5.15. The van der Waals surface area contributed by atoms with Crippen LogP contribution in [0.25, 0.3) is 0 Å². The number of nitrogens with zero attached hydrogens (tertiary/aromatic N) is 5. The average molecular weight is 317 g/mol. The first kappa shape index (κ1) is 14.3. The van der Waals surface area contributed by atoms with Gasteiger partial charge in [0.05, 0.1) is 6.54 Å². The molecule has 0 aliphatic heterocycles. The first-order valence-electron chi connectivity index (χ1n) is 6.54. The van der Waals surface area contributed by atoms with Crippen molar-refractivity contribution in [3.05, 3.63) is 24.0 Å². The summed E-state index contributed by atoms with van der Waals surface area (Å²) in [6.45, 7) is -0.762. The van der Waals surface area contributed by atoms with E-state index in [0.717, 1.165) is 23.2 Å². The summed E-state index contributed by atoms with van der Waals surface area (Å²) in [7, 11) is 1.78. The molecule has 0 bridgehead atoms. The minimum Gasteiger partial charge on any atom is -0.342 e. The van der Waals surface area contributed by atoms with Gasteiger partial charge in [-0.3, -0.25) is 0 Å². The van der Waals surface area contributed by atoms with Crippen LogP contribution in [0, 0.1) is 0 Å². The van der Waals surface area contributed by atoms with E-state index in [1.54, 1.807) is 11.9 Å². The second kappa shape index (κ2) is 5.28. The molecular weight excluding hydrogens is 303 g/mol.